The van der Waals surface area contributed by atoms with E-state index in [0.29, 0.717) is 26.0 Å². The van der Waals surface area contributed by atoms with E-state index in [1.54, 1.807) is 7.11 Å². The number of methoxy groups -OCH3 is 1. The fourth-order valence-electron chi connectivity index (χ4n) is 1.71. The Kier molecular flexibility index (Phi) is 5.95. The molecular weight excluding hydrogens is 230 g/mol. The maximum Gasteiger partial charge on any atom is 0.122 e. The molecule has 0 saturated heterocycles. The summed E-state index contributed by atoms with van der Waals surface area (Å²) in [4.78, 5) is 0. The summed E-state index contributed by atoms with van der Waals surface area (Å²) >= 11 is 0. The zero-order chi connectivity index (χ0) is 13.4. The molecule has 1 rings (SSSR count). The fraction of sp³-hybridized carbons (Fsp3) is 0.571. The van der Waals surface area contributed by atoms with Gasteiger partial charge in [-0.2, -0.15) is 0 Å². The van der Waals surface area contributed by atoms with Gasteiger partial charge in [-0.15, -0.1) is 0 Å². The molecule has 0 saturated carbocycles. The smallest absolute Gasteiger partial charge is 0.122 e. The zero-order valence-electron chi connectivity index (χ0n) is 11.2. The maximum atomic E-state index is 10.0. The van der Waals surface area contributed by atoms with Gasteiger partial charge in [-0.25, -0.2) is 0 Å². The Balaban J connectivity index is 2.33. The molecule has 4 heteroatoms. The van der Waals surface area contributed by atoms with Crippen molar-refractivity contribution in [3.63, 3.8) is 0 Å². The minimum absolute atomic E-state index is 0.294. The van der Waals surface area contributed by atoms with Crippen molar-refractivity contribution >= 4 is 0 Å². The number of hydrogen-bond acceptors (Lipinski definition) is 4. The summed E-state index contributed by atoms with van der Waals surface area (Å²) in [5.74, 6) is 1.56. The van der Waals surface area contributed by atoms with Crippen molar-refractivity contribution in [1.82, 2.24) is 0 Å². The highest BCUT2D eigenvalue weighted by atomic mass is 16.5. The predicted molar refractivity (Wildman–Crippen MR) is 72.0 cm³/mol. The third-order valence-electron chi connectivity index (χ3n) is 3.13. The van der Waals surface area contributed by atoms with Crippen LogP contribution in [0.2, 0.25) is 0 Å². The molecule has 1 aromatic rings. The van der Waals surface area contributed by atoms with E-state index < -0.39 is 5.60 Å². The molecule has 0 bridgehead atoms. The third-order valence-corrected chi connectivity index (χ3v) is 3.13. The second-order valence-electron chi connectivity index (χ2n) is 4.41. The van der Waals surface area contributed by atoms with Gasteiger partial charge >= 0.3 is 0 Å². The highest BCUT2D eigenvalue weighted by Crippen LogP contribution is 2.20. The average Bonchev–Trinajstić information content (AvgIpc) is 2.43. The van der Waals surface area contributed by atoms with Crippen molar-refractivity contribution in [2.75, 3.05) is 20.3 Å². The van der Waals surface area contributed by atoms with Crippen molar-refractivity contribution in [2.45, 2.75) is 31.8 Å². The first-order chi connectivity index (χ1) is 8.63. The molecule has 0 spiro atoms. The molecule has 1 atom stereocenters. The molecule has 0 radical (unpaired) electrons. The topological polar surface area (TPSA) is 64.7 Å². The van der Waals surface area contributed by atoms with Crippen LogP contribution in [0, 0.1) is 0 Å². The summed E-state index contributed by atoms with van der Waals surface area (Å²) in [6, 6.07) is 7.49. The number of ether oxygens (including phenoxy) is 2. The van der Waals surface area contributed by atoms with E-state index in [4.69, 9.17) is 15.2 Å². The Morgan fingerprint density at radius 3 is 2.67 bits per heavy atom. The van der Waals surface area contributed by atoms with Gasteiger partial charge in [0, 0.05) is 12.6 Å². The number of nitrogens with two attached hydrogens (primary N) is 1. The molecular formula is C14H23NO3. The highest BCUT2D eigenvalue weighted by Gasteiger charge is 2.21. The van der Waals surface area contributed by atoms with Gasteiger partial charge in [0.1, 0.15) is 11.5 Å². The molecule has 18 heavy (non-hydrogen) atoms. The summed E-state index contributed by atoms with van der Waals surface area (Å²) in [6.07, 6.45) is 2.10. The number of benzene rings is 1. The van der Waals surface area contributed by atoms with Crippen molar-refractivity contribution < 1.29 is 14.6 Å². The van der Waals surface area contributed by atoms with Crippen LogP contribution in [-0.4, -0.2) is 31.0 Å². The van der Waals surface area contributed by atoms with Crippen LogP contribution in [0.4, 0.5) is 0 Å². The van der Waals surface area contributed by atoms with Crippen LogP contribution in [0.25, 0.3) is 0 Å². The van der Waals surface area contributed by atoms with E-state index >= 15 is 0 Å². The Bertz CT molecular complexity index is 351. The normalized spacial score (nSPS) is 14.0. The van der Waals surface area contributed by atoms with Crippen molar-refractivity contribution in [2.24, 2.45) is 5.73 Å². The van der Waals surface area contributed by atoms with E-state index in [-0.39, 0.29) is 0 Å². The molecule has 3 N–H and O–H groups in total. The van der Waals surface area contributed by atoms with E-state index in [0.717, 1.165) is 17.9 Å². The lowest BCUT2D eigenvalue weighted by molar-refractivity contribution is 0.0309. The fourth-order valence-corrected chi connectivity index (χ4v) is 1.71. The molecule has 0 heterocycles. The van der Waals surface area contributed by atoms with Crippen LogP contribution >= 0.6 is 0 Å². The molecule has 1 unspecified atom stereocenters. The van der Waals surface area contributed by atoms with E-state index in [2.05, 4.69) is 0 Å². The SMILES string of the molecule is CCC(O)(CN)CCCOc1cccc(OC)c1. The molecule has 102 valence electrons. The van der Waals surface area contributed by atoms with Crippen molar-refractivity contribution in [1.29, 1.82) is 0 Å². The second kappa shape index (κ2) is 7.24. The van der Waals surface area contributed by atoms with Crippen LogP contribution in [0.3, 0.4) is 0 Å². The standard InChI is InChI=1S/C14H23NO3/c1-3-14(16,11-15)8-5-9-18-13-7-4-6-12(10-13)17-2/h4,6-7,10,16H,3,5,8-9,11,15H2,1-2H3. The van der Waals surface area contributed by atoms with Gasteiger partial charge in [-0.05, 0) is 31.4 Å². The van der Waals surface area contributed by atoms with Gasteiger partial charge < -0.3 is 20.3 Å². The number of hydrogen-bond donors (Lipinski definition) is 2. The summed E-state index contributed by atoms with van der Waals surface area (Å²) < 4.78 is 10.7. The second-order valence-corrected chi connectivity index (χ2v) is 4.41. The van der Waals surface area contributed by atoms with Gasteiger partial charge in [0.25, 0.3) is 0 Å². The molecule has 0 aliphatic carbocycles. The van der Waals surface area contributed by atoms with E-state index in [9.17, 15) is 5.11 Å². The van der Waals surface area contributed by atoms with Gasteiger partial charge in [-0.1, -0.05) is 13.0 Å². The van der Waals surface area contributed by atoms with Crippen LogP contribution in [-0.2, 0) is 0 Å². The van der Waals surface area contributed by atoms with E-state index in [1.165, 1.54) is 0 Å². The van der Waals surface area contributed by atoms with Crippen molar-refractivity contribution in [3.05, 3.63) is 24.3 Å². The predicted octanol–water partition coefficient (Wildman–Crippen LogP) is 1.95. The summed E-state index contributed by atoms with van der Waals surface area (Å²) in [5.41, 5.74) is 4.79. The van der Waals surface area contributed by atoms with Gasteiger partial charge in [0.2, 0.25) is 0 Å². The first kappa shape index (κ1) is 14.8. The van der Waals surface area contributed by atoms with Crippen LogP contribution in [0.5, 0.6) is 11.5 Å². The van der Waals surface area contributed by atoms with Gasteiger partial charge in [0.15, 0.2) is 0 Å². The monoisotopic (exact) mass is 253 g/mol. The minimum Gasteiger partial charge on any atom is -0.497 e. The Morgan fingerprint density at radius 2 is 2.06 bits per heavy atom. The number of aliphatic hydroxyl groups is 1. The lowest BCUT2D eigenvalue weighted by Gasteiger charge is -2.24. The van der Waals surface area contributed by atoms with Gasteiger partial charge in [-0.3, -0.25) is 0 Å². The Morgan fingerprint density at radius 1 is 1.33 bits per heavy atom. The summed E-state index contributed by atoms with van der Waals surface area (Å²) in [7, 11) is 1.63. The third kappa shape index (κ3) is 4.55. The summed E-state index contributed by atoms with van der Waals surface area (Å²) in [5, 5.41) is 10.0. The quantitative estimate of drug-likeness (QED) is 0.695. The van der Waals surface area contributed by atoms with Crippen molar-refractivity contribution in [3.8, 4) is 11.5 Å². The Hall–Kier alpha value is -1.26. The molecule has 4 nitrogen and oxygen atoms in total. The lowest BCUT2D eigenvalue weighted by Crippen LogP contribution is -2.37. The number of rotatable bonds is 8. The van der Waals surface area contributed by atoms with E-state index in [1.807, 2.05) is 31.2 Å². The first-order valence-electron chi connectivity index (χ1n) is 6.33. The van der Waals surface area contributed by atoms with Gasteiger partial charge in [0.05, 0.1) is 19.3 Å². The molecule has 0 aliphatic rings. The molecule has 0 fully saturated rings. The largest absolute Gasteiger partial charge is 0.497 e. The lowest BCUT2D eigenvalue weighted by atomic mass is 9.95. The maximum absolute atomic E-state index is 10.0. The Labute approximate surface area is 109 Å². The van der Waals surface area contributed by atoms with Crippen LogP contribution in [0.15, 0.2) is 24.3 Å². The molecule has 0 aromatic heterocycles. The first-order valence-corrected chi connectivity index (χ1v) is 6.33. The summed E-state index contributed by atoms with van der Waals surface area (Å²) in [6.45, 7) is 2.80. The molecule has 0 amide bonds. The van der Waals surface area contributed by atoms with Crippen LogP contribution < -0.4 is 15.2 Å². The average molecular weight is 253 g/mol. The molecule has 0 aliphatic heterocycles. The highest BCUT2D eigenvalue weighted by molar-refractivity contribution is 5.32. The van der Waals surface area contributed by atoms with Crippen LogP contribution in [0.1, 0.15) is 26.2 Å². The molecule has 1 aromatic carbocycles. The minimum atomic E-state index is -0.752. The zero-order valence-corrected chi connectivity index (χ0v) is 11.2.